The Bertz CT molecular complexity index is 390. The third kappa shape index (κ3) is 2.27. The van der Waals surface area contributed by atoms with Crippen molar-refractivity contribution in [1.82, 2.24) is 5.32 Å². The SMILES string of the molecule is CC1CC(NC(=O)c2cc(O)cc(O)c2)C1. The Balaban J connectivity index is 2.03. The van der Waals surface area contributed by atoms with Crippen molar-refractivity contribution in [1.29, 1.82) is 0 Å². The van der Waals surface area contributed by atoms with Crippen molar-refractivity contribution in [3.05, 3.63) is 23.8 Å². The van der Waals surface area contributed by atoms with E-state index in [1.807, 2.05) is 0 Å². The van der Waals surface area contributed by atoms with Gasteiger partial charge < -0.3 is 15.5 Å². The number of nitrogens with one attached hydrogen (secondary N) is 1. The standard InChI is InChI=1S/C12H15NO3/c1-7-2-9(3-7)13-12(16)8-4-10(14)6-11(15)5-8/h4-7,9,14-15H,2-3H2,1H3,(H,13,16). The van der Waals surface area contributed by atoms with Gasteiger partial charge in [0.25, 0.3) is 5.91 Å². The van der Waals surface area contributed by atoms with Crippen LogP contribution in [0.4, 0.5) is 0 Å². The summed E-state index contributed by atoms with van der Waals surface area (Å²) >= 11 is 0. The zero-order valence-corrected chi connectivity index (χ0v) is 9.10. The molecule has 0 unspecified atom stereocenters. The lowest BCUT2D eigenvalue weighted by molar-refractivity contribution is 0.0895. The van der Waals surface area contributed by atoms with Crippen molar-refractivity contribution < 1.29 is 15.0 Å². The predicted molar refractivity (Wildman–Crippen MR) is 59.4 cm³/mol. The fourth-order valence-corrected chi connectivity index (χ4v) is 2.02. The Morgan fingerprint density at radius 1 is 1.25 bits per heavy atom. The molecule has 1 aliphatic carbocycles. The lowest BCUT2D eigenvalue weighted by atomic mass is 9.82. The minimum Gasteiger partial charge on any atom is -0.508 e. The van der Waals surface area contributed by atoms with Gasteiger partial charge in [-0.1, -0.05) is 6.92 Å². The molecule has 86 valence electrons. The van der Waals surface area contributed by atoms with E-state index in [1.165, 1.54) is 18.2 Å². The quantitative estimate of drug-likeness (QED) is 0.710. The zero-order chi connectivity index (χ0) is 11.7. The summed E-state index contributed by atoms with van der Waals surface area (Å²) in [5.41, 5.74) is 0.289. The van der Waals surface area contributed by atoms with Gasteiger partial charge >= 0.3 is 0 Å². The second-order valence-electron chi connectivity index (χ2n) is 4.49. The van der Waals surface area contributed by atoms with Crippen molar-refractivity contribution in [3.8, 4) is 11.5 Å². The van der Waals surface area contributed by atoms with Crippen LogP contribution in [0, 0.1) is 5.92 Å². The maximum atomic E-state index is 11.7. The highest BCUT2D eigenvalue weighted by Crippen LogP contribution is 2.27. The van der Waals surface area contributed by atoms with E-state index < -0.39 is 0 Å². The lowest BCUT2D eigenvalue weighted by Crippen LogP contribution is -2.43. The summed E-state index contributed by atoms with van der Waals surface area (Å²) in [6, 6.07) is 4.11. The van der Waals surface area contributed by atoms with E-state index in [0.29, 0.717) is 5.92 Å². The molecule has 4 heteroatoms. The summed E-state index contributed by atoms with van der Waals surface area (Å²) in [6.45, 7) is 2.14. The van der Waals surface area contributed by atoms with Crippen LogP contribution in [0.25, 0.3) is 0 Å². The van der Waals surface area contributed by atoms with Gasteiger partial charge in [0.1, 0.15) is 11.5 Å². The van der Waals surface area contributed by atoms with Gasteiger partial charge in [0.15, 0.2) is 0 Å². The molecule has 0 aliphatic heterocycles. The first-order valence-corrected chi connectivity index (χ1v) is 5.38. The van der Waals surface area contributed by atoms with Gasteiger partial charge in [-0.05, 0) is 30.9 Å². The molecule has 0 bridgehead atoms. The van der Waals surface area contributed by atoms with Crippen LogP contribution in [0.2, 0.25) is 0 Å². The molecule has 1 amide bonds. The number of benzene rings is 1. The van der Waals surface area contributed by atoms with Crippen LogP contribution in [-0.4, -0.2) is 22.2 Å². The molecule has 1 aliphatic rings. The number of amides is 1. The number of hydrogen-bond donors (Lipinski definition) is 3. The Labute approximate surface area is 93.9 Å². The largest absolute Gasteiger partial charge is 0.508 e. The van der Waals surface area contributed by atoms with E-state index in [1.54, 1.807) is 0 Å². The second kappa shape index (κ2) is 4.04. The van der Waals surface area contributed by atoms with Gasteiger partial charge in [-0.3, -0.25) is 4.79 Å². The third-order valence-electron chi connectivity index (χ3n) is 2.87. The van der Waals surface area contributed by atoms with E-state index in [-0.39, 0.29) is 29.0 Å². The molecule has 1 aromatic carbocycles. The van der Waals surface area contributed by atoms with E-state index >= 15 is 0 Å². The van der Waals surface area contributed by atoms with Gasteiger partial charge in [-0.25, -0.2) is 0 Å². The molecule has 0 atom stereocenters. The van der Waals surface area contributed by atoms with Crippen LogP contribution >= 0.6 is 0 Å². The normalized spacial score (nSPS) is 23.6. The van der Waals surface area contributed by atoms with Gasteiger partial charge in [0, 0.05) is 17.7 Å². The maximum absolute atomic E-state index is 11.7. The molecule has 4 nitrogen and oxygen atoms in total. The molecular weight excluding hydrogens is 206 g/mol. The smallest absolute Gasteiger partial charge is 0.251 e. The molecule has 0 radical (unpaired) electrons. The first-order chi connectivity index (χ1) is 7.54. The van der Waals surface area contributed by atoms with E-state index in [0.717, 1.165) is 12.8 Å². The van der Waals surface area contributed by atoms with Crippen molar-refractivity contribution >= 4 is 5.91 Å². The van der Waals surface area contributed by atoms with Gasteiger partial charge in [0.2, 0.25) is 0 Å². The Hall–Kier alpha value is -1.71. The fraction of sp³-hybridized carbons (Fsp3) is 0.417. The highest BCUT2D eigenvalue weighted by molar-refractivity contribution is 5.95. The van der Waals surface area contributed by atoms with Crippen LogP contribution in [-0.2, 0) is 0 Å². The van der Waals surface area contributed by atoms with Gasteiger partial charge in [0.05, 0.1) is 0 Å². The van der Waals surface area contributed by atoms with Crippen LogP contribution < -0.4 is 5.32 Å². The van der Waals surface area contributed by atoms with Crippen molar-refractivity contribution in [2.75, 3.05) is 0 Å². The number of carbonyl (C=O) groups is 1. The fourth-order valence-electron chi connectivity index (χ4n) is 2.02. The molecule has 0 spiro atoms. The summed E-state index contributed by atoms with van der Waals surface area (Å²) in [7, 11) is 0. The molecular formula is C12H15NO3. The maximum Gasteiger partial charge on any atom is 0.251 e. The molecule has 1 aromatic rings. The number of rotatable bonds is 2. The second-order valence-corrected chi connectivity index (χ2v) is 4.49. The molecule has 3 N–H and O–H groups in total. The Morgan fingerprint density at radius 3 is 2.31 bits per heavy atom. The number of carbonyl (C=O) groups excluding carboxylic acids is 1. The monoisotopic (exact) mass is 221 g/mol. The van der Waals surface area contributed by atoms with Gasteiger partial charge in [-0.15, -0.1) is 0 Å². The molecule has 2 rings (SSSR count). The van der Waals surface area contributed by atoms with Crippen LogP contribution in [0.3, 0.4) is 0 Å². The number of hydrogen-bond acceptors (Lipinski definition) is 3. The van der Waals surface area contributed by atoms with Crippen molar-refractivity contribution in [2.45, 2.75) is 25.8 Å². The van der Waals surface area contributed by atoms with Gasteiger partial charge in [-0.2, -0.15) is 0 Å². The number of phenolic OH excluding ortho intramolecular Hbond substituents is 2. The van der Waals surface area contributed by atoms with Crippen LogP contribution in [0.15, 0.2) is 18.2 Å². The highest BCUT2D eigenvalue weighted by atomic mass is 16.3. The average molecular weight is 221 g/mol. The van der Waals surface area contributed by atoms with Crippen molar-refractivity contribution in [2.24, 2.45) is 5.92 Å². The third-order valence-corrected chi connectivity index (χ3v) is 2.87. The minimum absolute atomic E-state index is 0.105. The summed E-state index contributed by atoms with van der Waals surface area (Å²) in [5, 5.41) is 21.4. The van der Waals surface area contributed by atoms with E-state index in [4.69, 9.17) is 0 Å². The molecule has 0 aromatic heterocycles. The van der Waals surface area contributed by atoms with E-state index in [9.17, 15) is 15.0 Å². The van der Waals surface area contributed by atoms with Crippen LogP contribution in [0.5, 0.6) is 11.5 Å². The summed E-state index contributed by atoms with van der Waals surface area (Å²) in [6.07, 6.45) is 1.99. The summed E-state index contributed by atoms with van der Waals surface area (Å²) in [5.74, 6) is 0.213. The topological polar surface area (TPSA) is 69.6 Å². The highest BCUT2D eigenvalue weighted by Gasteiger charge is 2.26. The van der Waals surface area contributed by atoms with Crippen LogP contribution in [0.1, 0.15) is 30.1 Å². The number of aromatic hydroxyl groups is 2. The first kappa shape index (κ1) is 10.8. The number of phenols is 2. The molecule has 0 heterocycles. The van der Waals surface area contributed by atoms with E-state index in [2.05, 4.69) is 12.2 Å². The van der Waals surface area contributed by atoms with Crippen molar-refractivity contribution in [3.63, 3.8) is 0 Å². The first-order valence-electron chi connectivity index (χ1n) is 5.38. The summed E-state index contributed by atoms with van der Waals surface area (Å²) in [4.78, 5) is 11.7. The minimum atomic E-state index is -0.247. The average Bonchev–Trinajstić information content (AvgIpc) is 2.13. The predicted octanol–water partition coefficient (Wildman–Crippen LogP) is 1.63. The summed E-state index contributed by atoms with van der Waals surface area (Å²) < 4.78 is 0. The molecule has 16 heavy (non-hydrogen) atoms. The zero-order valence-electron chi connectivity index (χ0n) is 9.10. The molecule has 1 saturated carbocycles. The lowest BCUT2D eigenvalue weighted by Gasteiger charge is -2.33. The molecule has 1 fully saturated rings. The Morgan fingerprint density at radius 2 is 1.81 bits per heavy atom. The molecule has 0 saturated heterocycles. The Kier molecular flexibility index (Phi) is 2.73.